The first-order valence-electron chi connectivity index (χ1n) is 7.61. The number of nitrogens with zero attached hydrogens (tertiary/aromatic N) is 1. The molecule has 4 heteroatoms. The van der Waals surface area contributed by atoms with Crippen molar-refractivity contribution in [1.82, 2.24) is 10.2 Å². The van der Waals surface area contributed by atoms with E-state index in [4.69, 9.17) is 16.3 Å². The van der Waals surface area contributed by atoms with Crippen LogP contribution < -0.4 is 10.1 Å². The predicted molar refractivity (Wildman–Crippen MR) is 82.6 cm³/mol. The Labute approximate surface area is 126 Å². The molecule has 2 atom stereocenters. The molecule has 3 nitrogen and oxygen atoms in total. The van der Waals surface area contributed by atoms with Crippen molar-refractivity contribution >= 4 is 11.6 Å². The largest absolute Gasteiger partial charge is 0.484 e. The van der Waals surface area contributed by atoms with Crippen molar-refractivity contribution in [3.8, 4) is 5.75 Å². The van der Waals surface area contributed by atoms with Crippen molar-refractivity contribution in [1.29, 1.82) is 0 Å². The number of para-hydroxylation sites is 1. The highest BCUT2D eigenvalue weighted by Gasteiger charge is 2.45. The quantitative estimate of drug-likeness (QED) is 0.926. The number of fused-ring (bicyclic) bond motifs is 1. The van der Waals surface area contributed by atoms with E-state index in [0.717, 1.165) is 49.8 Å². The molecule has 0 radical (unpaired) electrons. The molecule has 3 rings (SSSR count). The summed E-state index contributed by atoms with van der Waals surface area (Å²) in [6.07, 6.45) is 2.12. The molecule has 110 valence electrons. The summed E-state index contributed by atoms with van der Waals surface area (Å²) >= 11 is 6.40. The molecular formula is C16H23ClN2O. The second-order valence-electron chi connectivity index (χ2n) is 5.81. The molecule has 0 saturated carbocycles. The fourth-order valence-corrected chi connectivity index (χ4v) is 3.81. The average molecular weight is 295 g/mol. The Kier molecular flexibility index (Phi) is 3.93. The van der Waals surface area contributed by atoms with Crippen molar-refractivity contribution in [2.24, 2.45) is 0 Å². The van der Waals surface area contributed by atoms with Crippen LogP contribution in [0.25, 0.3) is 0 Å². The van der Waals surface area contributed by atoms with E-state index in [2.05, 4.69) is 30.1 Å². The van der Waals surface area contributed by atoms with Crippen molar-refractivity contribution in [3.05, 3.63) is 28.8 Å². The van der Waals surface area contributed by atoms with Gasteiger partial charge in [0.05, 0.1) is 5.02 Å². The molecular weight excluding hydrogens is 272 g/mol. The zero-order valence-corrected chi connectivity index (χ0v) is 13.0. The summed E-state index contributed by atoms with van der Waals surface area (Å²) in [5.74, 6) is 0.904. The predicted octanol–water partition coefficient (Wildman–Crippen LogP) is 3.24. The topological polar surface area (TPSA) is 24.5 Å². The molecule has 0 amide bonds. The number of halogens is 1. The zero-order chi connectivity index (χ0) is 14.2. The Morgan fingerprint density at radius 1 is 1.40 bits per heavy atom. The van der Waals surface area contributed by atoms with Gasteiger partial charge in [-0.3, -0.25) is 4.90 Å². The summed E-state index contributed by atoms with van der Waals surface area (Å²) in [6, 6.07) is 6.54. The molecule has 1 aromatic rings. The molecule has 2 aliphatic rings. The standard InChI is InChI=1S/C16H23ClN2O/c1-3-19(4-2)14-10-16(8-9-18-11-16)20-15-12(14)6-5-7-13(15)17/h5-7,14,18H,3-4,8-11H2,1-2H3. The molecule has 0 aromatic heterocycles. The second-order valence-corrected chi connectivity index (χ2v) is 6.22. The van der Waals surface area contributed by atoms with Gasteiger partial charge in [0.1, 0.15) is 11.4 Å². The van der Waals surface area contributed by atoms with Gasteiger partial charge in [0.2, 0.25) is 0 Å². The Bertz CT molecular complexity index is 481. The van der Waals surface area contributed by atoms with Gasteiger partial charge in [-0.25, -0.2) is 0 Å². The third-order valence-corrected chi connectivity index (χ3v) is 5.00. The monoisotopic (exact) mass is 294 g/mol. The summed E-state index contributed by atoms with van der Waals surface area (Å²) in [4.78, 5) is 2.51. The number of rotatable bonds is 3. The Hall–Kier alpha value is -0.770. The maximum absolute atomic E-state index is 6.40. The molecule has 0 bridgehead atoms. The van der Waals surface area contributed by atoms with Crippen LogP contribution in [0, 0.1) is 0 Å². The van der Waals surface area contributed by atoms with E-state index >= 15 is 0 Å². The molecule has 1 saturated heterocycles. The van der Waals surface area contributed by atoms with Gasteiger partial charge in [-0.2, -0.15) is 0 Å². The molecule has 2 aliphatic heterocycles. The highest BCUT2D eigenvalue weighted by molar-refractivity contribution is 6.32. The van der Waals surface area contributed by atoms with E-state index in [1.165, 1.54) is 5.56 Å². The Balaban J connectivity index is 2.03. The van der Waals surface area contributed by atoms with Gasteiger partial charge in [0.15, 0.2) is 0 Å². The maximum Gasteiger partial charge on any atom is 0.143 e. The summed E-state index contributed by atoms with van der Waals surface area (Å²) in [5.41, 5.74) is 1.17. The van der Waals surface area contributed by atoms with Gasteiger partial charge >= 0.3 is 0 Å². The van der Waals surface area contributed by atoms with Crippen LogP contribution >= 0.6 is 11.6 Å². The highest BCUT2D eigenvalue weighted by Crippen LogP contribution is 2.47. The summed E-state index contributed by atoms with van der Waals surface area (Å²) in [7, 11) is 0. The smallest absolute Gasteiger partial charge is 0.143 e. The summed E-state index contributed by atoms with van der Waals surface area (Å²) in [6.45, 7) is 8.51. The van der Waals surface area contributed by atoms with Gasteiger partial charge in [0.25, 0.3) is 0 Å². The lowest BCUT2D eigenvalue weighted by Crippen LogP contribution is -2.46. The number of hydrogen-bond donors (Lipinski definition) is 1. The van der Waals surface area contributed by atoms with Crippen LogP contribution in [0.1, 0.15) is 38.3 Å². The number of hydrogen-bond acceptors (Lipinski definition) is 3. The molecule has 1 N–H and O–H groups in total. The fourth-order valence-electron chi connectivity index (χ4n) is 3.59. The summed E-state index contributed by atoms with van der Waals surface area (Å²) < 4.78 is 6.36. The van der Waals surface area contributed by atoms with Crippen molar-refractivity contribution in [2.45, 2.75) is 38.3 Å². The van der Waals surface area contributed by atoms with Crippen LogP contribution in [0.3, 0.4) is 0 Å². The summed E-state index contributed by atoms with van der Waals surface area (Å²) in [5, 5.41) is 4.18. The van der Waals surface area contributed by atoms with Crippen LogP contribution in [0.2, 0.25) is 5.02 Å². The van der Waals surface area contributed by atoms with Gasteiger partial charge in [-0.1, -0.05) is 37.6 Å². The van der Waals surface area contributed by atoms with Gasteiger partial charge in [-0.05, 0) is 25.7 Å². The third kappa shape index (κ3) is 2.32. The minimum Gasteiger partial charge on any atom is -0.484 e. The van der Waals surface area contributed by atoms with Gasteiger partial charge in [-0.15, -0.1) is 0 Å². The molecule has 1 fully saturated rings. The van der Waals surface area contributed by atoms with Crippen LogP contribution in [0.15, 0.2) is 18.2 Å². The van der Waals surface area contributed by atoms with E-state index in [0.29, 0.717) is 6.04 Å². The fraction of sp³-hybridized carbons (Fsp3) is 0.625. The first-order chi connectivity index (χ1) is 9.69. The van der Waals surface area contributed by atoms with Crippen LogP contribution in [-0.2, 0) is 0 Å². The molecule has 20 heavy (non-hydrogen) atoms. The van der Waals surface area contributed by atoms with Crippen molar-refractivity contribution < 1.29 is 4.74 Å². The zero-order valence-electron chi connectivity index (χ0n) is 12.3. The lowest BCUT2D eigenvalue weighted by Gasteiger charge is -2.43. The number of nitrogens with one attached hydrogen (secondary N) is 1. The Morgan fingerprint density at radius 3 is 2.85 bits per heavy atom. The third-order valence-electron chi connectivity index (χ3n) is 4.70. The van der Waals surface area contributed by atoms with E-state index in [1.54, 1.807) is 0 Å². The molecule has 1 spiro atoms. The van der Waals surface area contributed by atoms with E-state index in [9.17, 15) is 0 Å². The SMILES string of the molecule is CCN(CC)C1CC2(CCNC2)Oc2c(Cl)cccc21. The minimum atomic E-state index is -0.0781. The minimum absolute atomic E-state index is 0.0781. The van der Waals surface area contributed by atoms with Crippen molar-refractivity contribution in [3.63, 3.8) is 0 Å². The maximum atomic E-state index is 6.40. The Morgan fingerprint density at radius 2 is 2.20 bits per heavy atom. The van der Waals surface area contributed by atoms with E-state index in [-0.39, 0.29) is 5.60 Å². The molecule has 0 aliphatic carbocycles. The van der Waals surface area contributed by atoms with Crippen LogP contribution in [0.4, 0.5) is 0 Å². The lowest BCUT2D eigenvalue weighted by atomic mass is 9.85. The number of ether oxygens (including phenoxy) is 1. The number of benzene rings is 1. The molecule has 2 heterocycles. The normalized spacial score (nSPS) is 28.7. The van der Waals surface area contributed by atoms with Crippen molar-refractivity contribution in [2.75, 3.05) is 26.2 Å². The first kappa shape index (κ1) is 14.2. The average Bonchev–Trinajstić information content (AvgIpc) is 2.89. The first-order valence-corrected chi connectivity index (χ1v) is 7.99. The van der Waals surface area contributed by atoms with Crippen LogP contribution in [-0.4, -0.2) is 36.7 Å². The molecule has 1 aromatic carbocycles. The van der Waals surface area contributed by atoms with E-state index in [1.807, 2.05) is 12.1 Å². The van der Waals surface area contributed by atoms with Crippen LogP contribution in [0.5, 0.6) is 5.75 Å². The molecule has 2 unspecified atom stereocenters. The van der Waals surface area contributed by atoms with Gasteiger partial charge in [0, 0.05) is 31.0 Å². The van der Waals surface area contributed by atoms with E-state index < -0.39 is 0 Å². The highest BCUT2D eigenvalue weighted by atomic mass is 35.5. The second kappa shape index (κ2) is 5.55. The lowest BCUT2D eigenvalue weighted by molar-refractivity contribution is 0.0195. The van der Waals surface area contributed by atoms with Gasteiger partial charge < -0.3 is 10.1 Å².